The van der Waals surface area contributed by atoms with Crippen LogP contribution in [0, 0.1) is 11.7 Å². The molecule has 0 unspecified atom stereocenters. The van der Waals surface area contributed by atoms with E-state index in [-0.39, 0.29) is 23.7 Å². The quantitative estimate of drug-likeness (QED) is 0.588. The number of anilines is 1. The SMILES string of the molecule is C[C@@H](NCc1ccc(-c2ccc(F)cc2)o1)c1ccc(NC(=O)C2CC2)cc1. The van der Waals surface area contributed by atoms with Crippen LogP contribution in [0.5, 0.6) is 0 Å². The lowest BCUT2D eigenvalue weighted by atomic mass is 10.1. The average Bonchev–Trinajstić information content (AvgIpc) is 3.46. The van der Waals surface area contributed by atoms with Crippen molar-refractivity contribution in [1.29, 1.82) is 0 Å². The monoisotopic (exact) mass is 378 g/mol. The molecule has 0 aliphatic heterocycles. The zero-order valence-corrected chi connectivity index (χ0v) is 15.7. The summed E-state index contributed by atoms with van der Waals surface area (Å²) in [5, 5.41) is 6.39. The Bertz CT molecular complexity index is 943. The van der Waals surface area contributed by atoms with Crippen molar-refractivity contribution in [2.24, 2.45) is 5.92 Å². The van der Waals surface area contributed by atoms with E-state index in [1.165, 1.54) is 12.1 Å². The molecule has 0 bridgehead atoms. The number of carbonyl (C=O) groups is 1. The molecule has 4 rings (SSSR count). The van der Waals surface area contributed by atoms with Crippen LogP contribution < -0.4 is 10.6 Å². The van der Waals surface area contributed by atoms with Crippen molar-refractivity contribution in [2.45, 2.75) is 32.4 Å². The number of carbonyl (C=O) groups excluding carboxylic acids is 1. The normalized spacial score (nSPS) is 14.6. The van der Waals surface area contributed by atoms with Gasteiger partial charge in [0.1, 0.15) is 17.3 Å². The number of hydrogen-bond acceptors (Lipinski definition) is 3. The molecular weight excluding hydrogens is 355 g/mol. The molecule has 4 nitrogen and oxygen atoms in total. The van der Waals surface area contributed by atoms with Gasteiger partial charge in [0.15, 0.2) is 0 Å². The summed E-state index contributed by atoms with van der Waals surface area (Å²) in [4.78, 5) is 11.8. The summed E-state index contributed by atoms with van der Waals surface area (Å²) in [6, 6.07) is 18.1. The van der Waals surface area contributed by atoms with E-state index in [2.05, 4.69) is 17.6 Å². The van der Waals surface area contributed by atoms with Crippen LogP contribution in [0.4, 0.5) is 10.1 Å². The van der Waals surface area contributed by atoms with Crippen LogP contribution in [0.2, 0.25) is 0 Å². The van der Waals surface area contributed by atoms with Gasteiger partial charge in [0.2, 0.25) is 5.91 Å². The molecule has 3 aromatic rings. The van der Waals surface area contributed by atoms with Crippen LogP contribution in [0.1, 0.15) is 37.1 Å². The first kappa shape index (κ1) is 18.4. The largest absolute Gasteiger partial charge is 0.460 e. The maximum atomic E-state index is 13.0. The predicted octanol–water partition coefficient (Wildman–Crippen LogP) is 5.29. The molecule has 2 aromatic carbocycles. The van der Waals surface area contributed by atoms with Crippen LogP contribution in [-0.2, 0) is 11.3 Å². The molecule has 1 aromatic heterocycles. The fourth-order valence-electron chi connectivity index (χ4n) is 3.06. The van der Waals surface area contributed by atoms with Gasteiger partial charge in [-0.25, -0.2) is 4.39 Å². The number of furan rings is 1. The summed E-state index contributed by atoms with van der Waals surface area (Å²) in [5.74, 6) is 1.60. The van der Waals surface area contributed by atoms with E-state index >= 15 is 0 Å². The maximum absolute atomic E-state index is 13.0. The Kier molecular flexibility index (Phi) is 5.26. The van der Waals surface area contributed by atoms with Crippen molar-refractivity contribution in [3.05, 3.63) is 77.8 Å². The fourth-order valence-corrected chi connectivity index (χ4v) is 3.06. The van der Waals surface area contributed by atoms with Crippen molar-refractivity contribution in [2.75, 3.05) is 5.32 Å². The van der Waals surface area contributed by atoms with Crippen molar-refractivity contribution >= 4 is 11.6 Å². The van der Waals surface area contributed by atoms with Gasteiger partial charge in [0, 0.05) is 23.2 Å². The lowest BCUT2D eigenvalue weighted by Gasteiger charge is -2.14. The number of rotatable bonds is 7. The van der Waals surface area contributed by atoms with Crippen molar-refractivity contribution in [1.82, 2.24) is 5.32 Å². The number of halogens is 1. The molecule has 0 saturated heterocycles. The van der Waals surface area contributed by atoms with Crippen LogP contribution in [-0.4, -0.2) is 5.91 Å². The summed E-state index contributed by atoms with van der Waals surface area (Å²) in [5.41, 5.74) is 2.82. The molecule has 1 aliphatic carbocycles. The highest BCUT2D eigenvalue weighted by atomic mass is 19.1. The molecule has 1 aliphatic rings. The highest BCUT2D eigenvalue weighted by Gasteiger charge is 2.29. The first-order valence-electron chi connectivity index (χ1n) is 9.57. The number of amides is 1. The van der Waals surface area contributed by atoms with Crippen LogP contribution >= 0.6 is 0 Å². The molecule has 28 heavy (non-hydrogen) atoms. The highest BCUT2D eigenvalue weighted by molar-refractivity contribution is 5.94. The first-order chi connectivity index (χ1) is 13.6. The summed E-state index contributed by atoms with van der Waals surface area (Å²) in [6.45, 7) is 2.67. The van der Waals surface area contributed by atoms with Crippen molar-refractivity contribution in [3.63, 3.8) is 0 Å². The number of benzene rings is 2. The highest BCUT2D eigenvalue weighted by Crippen LogP contribution is 2.30. The number of hydrogen-bond donors (Lipinski definition) is 2. The van der Waals surface area contributed by atoms with E-state index in [0.29, 0.717) is 6.54 Å². The van der Waals surface area contributed by atoms with Gasteiger partial charge in [-0.15, -0.1) is 0 Å². The second-order valence-corrected chi connectivity index (χ2v) is 7.26. The van der Waals surface area contributed by atoms with Crippen molar-refractivity contribution < 1.29 is 13.6 Å². The topological polar surface area (TPSA) is 54.3 Å². The summed E-state index contributed by atoms with van der Waals surface area (Å²) in [6.07, 6.45) is 2.00. The van der Waals surface area contributed by atoms with E-state index in [0.717, 1.165) is 41.2 Å². The van der Waals surface area contributed by atoms with Gasteiger partial charge in [-0.3, -0.25) is 4.79 Å². The van der Waals surface area contributed by atoms with E-state index < -0.39 is 0 Å². The zero-order valence-electron chi connectivity index (χ0n) is 15.7. The zero-order chi connectivity index (χ0) is 19.5. The minimum absolute atomic E-state index is 0.119. The van der Waals surface area contributed by atoms with Crippen molar-refractivity contribution in [3.8, 4) is 11.3 Å². The Labute approximate surface area is 163 Å². The van der Waals surface area contributed by atoms with E-state index in [9.17, 15) is 9.18 Å². The molecular formula is C23H23FN2O2. The summed E-state index contributed by atoms with van der Waals surface area (Å²) < 4.78 is 18.9. The minimum Gasteiger partial charge on any atom is -0.460 e. The lowest BCUT2D eigenvalue weighted by Crippen LogP contribution is -2.18. The second kappa shape index (κ2) is 7.98. The van der Waals surface area contributed by atoms with E-state index in [1.54, 1.807) is 12.1 Å². The molecule has 144 valence electrons. The average molecular weight is 378 g/mol. The molecule has 0 radical (unpaired) electrons. The molecule has 1 atom stereocenters. The van der Waals surface area contributed by atoms with E-state index in [4.69, 9.17) is 4.42 Å². The minimum atomic E-state index is -0.260. The van der Waals surface area contributed by atoms with Gasteiger partial charge in [0.05, 0.1) is 6.54 Å². The standard InChI is InChI=1S/C23H23FN2O2/c1-15(16-6-10-20(11-7-16)26-23(27)18-2-3-18)25-14-21-12-13-22(28-21)17-4-8-19(24)9-5-17/h4-13,15,18,25H,2-3,14H2,1H3,(H,26,27)/t15-/m1/s1. The van der Waals surface area contributed by atoms with Crippen LogP contribution in [0.15, 0.2) is 65.1 Å². The fraction of sp³-hybridized carbons (Fsp3) is 0.261. The molecule has 1 heterocycles. The Hall–Kier alpha value is -2.92. The van der Waals surface area contributed by atoms with Gasteiger partial charge < -0.3 is 15.1 Å². The van der Waals surface area contributed by atoms with Gasteiger partial charge in [0.25, 0.3) is 0 Å². The van der Waals surface area contributed by atoms with Gasteiger partial charge in [-0.05, 0) is 73.9 Å². The van der Waals surface area contributed by atoms with Crippen LogP contribution in [0.25, 0.3) is 11.3 Å². The molecule has 0 spiro atoms. The summed E-state index contributed by atoms with van der Waals surface area (Å²) >= 11 is 0. The molecule has 1 saturated carbocycles. The maximum Gasteiger partial charge on any atom is 0.227 e. The predicted molar refractivity (Wildman–Crippen MR) is 107 cm³/mol. The first-order valence-corrected chi connectivity index (χ1v) is 9.57. The molecule has 1 amide bonds. The third-order valence-corrected chi connectivity index (χ3v) is 5.00. The third-order valence-electron chi connectivity index (χ3n) is 5.00. The Morgan fingerprint density at radius 1 is 1.07 bits per heavy atom. The van der Waals surface area contributed by atoms with Gasteiger partial charge in [-0.1, -0.05) is 12.1 Å². The molecule has 5 heteroatoms. The van der Waals surface area contributed by atoms with Gasteiger partial charge in [-0.2, -0.15) is 0 Å². The Morgan fingerprint density at radius 2 is 1.79 bits per heavy atom. The lowest BCUT2D eigenvalue weighted by molar-refractivity contribution is -0.117. The molecule has 2 N–H and O–H groups in total. The van der Waals surface area contributed by atoms with Crippen LogP contribution in [0.3, 0.4) is 0 Å². The summed E-state index contributed by atoms with van der Waals surface area (Å²) in [7, 11) is 0. The van der Waals surface area contributed by atoms with E-state index in [1.807, 2.05) is 36.4 Å². The van der Waals surface area contributed by atoms with Gasteiger partial charge >= 0.3 is 0 Å². The number of nitrogens with one attached hydrogen (secondary N) is 2. The smallest absolute Gasteiger partial charge is 0.227 e. The Balaban J connectivity index is 1.32. The second-order valence-electron chi connectivity index (χ2n) is 7.26. The third kappa shape index (κ3) is 4.49. The Morgan fingerprint density at radius 3 is 2.46 bits per heavy atom. The molecule has 1 fully saturated rings.